The lowest BCUT2D eigenvalue weighted by Gasteiger charge is -2.36. The van der Waals surface area contributed by atoms with Crippen molar-refractivity contribution >= 4 is 5.91 Å². The number of nitrogens with one attached hydrogen (secondary N) is 2. The zero-order chi connectivity index (χ0) is 13.3. The van der Waals surface area contributed by atoms with Crippen molar-refractivity contribution in [3.05, 3.63) is 35.4 Å². The van der Waals surface area contributed by atoms with Gasteiger partial charge in [0.25, 0.3) is 0 Å². The standard InChI is InChI=1S/C16H22N2O/c1-2-12-3-5-13(6-4-12)14-11-18-15(19)16(14)7-9-17-10-8-16/h3-6,14,17H,2,7-11H2,1H3,(H,18,19). The number of amides is 1. The molecule has 0 saturated carbocycles. The topological polar surface area (TPSA) is 41.1 Å². The Labute approximate surface area is 114 Å². The minimum absolute atomic E-state index is 0.168. The van der Waals surface area contributed by atoms with Crippen LogP contribution < -0.4 is 10.6 Å². The predicted octanol–water partition coefficient (Wildman–Crippen LogP) is 1.83. The summed E-state index contributed by atoms with van der Waals surface area (Å²) in [5.74, 6) is 0.603. The molecule has 2 saturated heterocycles. The fraction of sp³-hybridized carbons (Fsp3) is 0.562. The van der Waals surface area contributed by atoms with Gasteiger partial charge in [-0.25, -0.2) is 0 Å². The van der Waals surface area contributed by atoms with Gasteiger partial charge in [-0.15, -0.1) is 0 Å². The molecule has 1 atom stereocenters. The molecule has 2 heterocycles. The lowest BCUT2D eigenvalue weighted by atomic mass is 9.68. The first-order valence-corrected chi connectivity index (χ1v) is 7.34. The largest absolute Gasteiger partial charge is 0.355 e. The van der Waals surface area contributed by atoms with E-state index in [1.165, 1.54) is 11.1 Å². The highest BCUT2D eigenvalue weighted by Gasteiger charge is 2.50. The molecule has 0 aliphatic carbocycles. The quantitative estimate of drug-likeness (QED) is 0.850. The van der Waals surface area contributed by atoms with Gasteiger partial charge in [0, 0.05) is 12.5 Å². The third-order valence-corrected chi connectivity index (χ3v) is 4.87. The fourth-order valence-electron chi connectivity index (χ4n) is 3.60. The van der Waals surface area contributed by atoms with Crippen LogP contribution in [0.15, 0.2) is 24.3 Å². The van der Waals surface area contributed by atoms with E-state index in [-0.39, 0.29) is 11.3 Å². The van der Waals surface area contributed by atoms with Crippen LogP contribution in [0, 0.1) is 5.41 Å². The monoisotopic (exact) mass is 258 g/mol. The number of piperidine rings is 1. The maximum absolute atomic E-state index is 12.3. The highest BCUT2D eigenvalue weighted by Crippen LogP contribution is 2.46. The second kappa shape index (κ2) is 4.97. The fourth-order valence-corrected chi connectivity index (χ4v) is 3.60. The van der Waals surface area contributed by atoms with Crippen LogP contribution in [0.2, 0.25) is 0 Å². The molecule has 3 heteroatoms. The summed E-state index contributed by atoms with van der Waals surface area (Å²) >= 11 is 0. The Kier molecular flexibility index (Phi) is 3.31. The highest BCUT2D eigenvalue weighted by atomic mass is 16.2. The molecule has 1 aromatic carbocycles. The molecule has 2 N–H and O–H groups in total. The highest BCUT2D eigenvalue weighted by molar-refractivity contribution is 5.86. The normalized spacial score (nSPS) is 25.5. The lowest BCUT2D eigenvalue weighted by molar-refractivity contribution is -0.129. The van der Waals surface area contributed by atoms with Gasteiger partial charge in [0.15, 0.2) is 0 Å². The molecule has 2 aliphatic rings. The Bertz CT molecular complexity index is 460. The number of aryl methyl sites for hydroxylation is 1. The molecule has 0 radical (unpaired) electrons. The Balaban J connectivity index is 1.91. The molecule has 1 unspecified atom stereocenters. The average molecular weight is 258 g/mol. The van der Waals surface area contributed by atoms with Gasteiger partial charge in [-0.05, 0) is 43.5 Å². The van der Waals surface area contributed by atoms with Gasteiger partial charge < -0.3 is 10.6 Å². The minimum Gasteiger partial charge on any atom is -0.355 e. The van der Waals surface area contributed by atoms with Gasteiger partial charge in [-0.1, -0.05) is 31.2 Å². The maximum atomic E-state index is 12.3. The van der Waals surface area contributed by atoms with Crippen LogP contribution in [0.3, 0.4) is 0 Å². The molecule has 102 valence electrons. The van der Waals surface area contributed by atoms with Crippen molar-refractivity contribution < 1.29 is 4.79 Å². The van der Waals surface area contributed by atoms with Crippen LogP contribution in [0.5, 0.6) is 0 Å². The second-order valence-corrected chi connectivity index (χ2v) is 5.76. The van der Waals surface area contributed by atoms with E-state index in [2.05, 4.69) is 41.8 Å². The molecule has 2 fully saturated rings. The number of carbonyl (C=O) groups is 1. The van der Waals surface area contributed by atoms with E-state index in [0.29, 0.717) is 5.92 Å². The summed E-state index contributed by atoms with van der Waals surface area (Å²) in [5.41, 5.74) is 2.51. The number of benzene rings is 1. The number of rotatable bonds is 2. The van der Waals surface area contributed by atoms with E-state index in [4.69, 9.17) is 0 Å². The Hall–Kier alpha value is -1.35. The Morgan fingerprint density at radius 2 is 1.89 bits per heavy atom. The molecule has 1 spiro atoms. The number of hydrogen-bond acceptors (Lipinski definition) is 2. The molecule has 3 nitrogen and oxygen atoms in total. The molecule has 0 aromatic heterocycles. The molecular weight excluding hydrogens is 236 g/mol. The van der Waals surface area contributed by atoms with Crippen molar-refractivity contribution in [2.75, 3.05) is 19.6 Å². The van der Waals surface area contributed by atoms with Gasteiger partial charge in [0.1, 0.15) is 0 Å². The van der Waals surface area contributed by atoms with E-state index < -0.39 is 0 Å². The van der Waals surface area contributed by atoms with Gasteiger partial charge in [0.05, 0.1) is 5.41 Å². The molecule has 3 rings (SSSR count). The zero-order valence-electron chi connectivity index (χ0n) is 11.5. The summed E-state index contributed by atoms with van der Waals surface area (Å²) in [7, 11) is 0. The van der Waals surface area contributed by atoms with Crippen LogP contribution in [0.25, 0.3) is 0 Å². The third kappa shape index (κ3) is 2.06. The van der Waals surface area contributed by atoms with Crippen LogP contribution in [0.4, 0.5) is 0 Å². The third-order valence-electron chi connectivity index (χ3n) is 4.87. The van der Waals surface area contributed by atoms with Crippen LogP contribution in [-0.2, 0) is 11.2 Å². The Morgan fingerprint density at radius 3 is 2.53 bits per heavy atom. The van der Waals surface area contributed by atoms with Crippen LogP contribution in [-0.4, -0.2) is 25.5 Å². The number of hydrogen-bond donors (Lipinski definition) is 2. The molecule has 1 amide bonds. The van der Waals surface area contributed by atoms with E-state index in [0.717, 1.165) is 38.9 Å². The van der Waals surface area contributed by atoms with E-state index in [1.54, 1.807) is 0 Å². The van der Waals surface area contributed by atoms with Gasteiger partial charge in [0.2, 0.25) is 5.91 Å². The molecule has 19 heavy (non-hydrogen) atoms. The molecule has 2 aliphatic heterocycles. The summed E-state index contributed by atoms with van der Waals surface area (Å²) in [6.07, 6.45) is 2.98. The zero-order valence-corrected chi connectivity index (χ0v) is 11.5. The van der Waals surface area contributed by atoms with Gasteiger partial charge in [-0.3, -0.25) is 4.79 Å². The molecular formula is C16H22N2O. The van der Waals surface area contributed by atoms with Gasteiger partial charge >= 0.3 is 0 Å². The van der Waals surface area contributed by atoms with E-state index in [9.17, 15) is 4.79 Å². The SMILES string of the molecule is CCc1ccc(C2CNC(=O)C23CCNCC3)cc1. The van der Waals surface area contributed by atoms with Crippen molar-refractivity contribution in [2.24, 2.45) is 5.41 Å². The van der Waals surface area contributed by atoms with Crippen LogP contribution >= 0.6 is 0 Å². The second-order valence-electron chi connectivity index (χ2n) is 5.76. The summed E-state index contributed by atoms with van der Waals surface area (Å²) in [6, 6.07) is 8.83. The van der Waals surface area contributed by atoms with E-state index >= 15 is 0 Å². The summed E-state index contributed by atoms with van der Waals surface area (Å²) in [6.45, 7) is 4.88. The predicted molar refractivity (Wildman–Crippen MR) is 76.1 cm³/mol. The van der Waals surface area contributed by atoms with Crippen molar-refractivity contribution in [3.63, 3.8) is 0 Å². The first-order chi connectivity index (χ1) is 9.26. The first kappa shape index (κ1) is 12.7. The average Bonchev–Trinajstić information content (AvgIpc) is 2.77. The summed E-state index contributed by atoms with van der Waals surface area (Å²) < 4.78 is 0. The van der Waals surface area contributed by atoms with Crippen molar-refractivity contribution in [2.45, 2.75) is 32.1 Å². The van der Waals surface area contributed by atoms with E-state index in [1.807, 2.05) is 0 Å². The van der Waals surface area contributed by atoms with Crippen LogP contribution in [0.1, 0.15) is 36.8 Å². The van der Waals surface area contributed by atoms with Crippen molar-refractivity contribution in [1.29, 1.82) is 0 Å². The maximum Gasteiger partial charge on any atom is 0.227 e. The summed E-state index contributed by atoms with van der Waals surface area (Å²) in [5, 5.41) is 6.46. The van der Waals surface area contributed by atoms with Gasteiger partial charge in [-0.2, -0.15) is 0 Å². The smallest absolute Gasteiger partial charge is 0.227 e. The van der Waals surface area contributed by atoms with Crippen molar-refractivity contribution in [3.8, 4) is 0 Å². The Morgan fingerprint density at radius 1 is 1.21 bits per heavy atom. The number of carbonyl (C=O) groups excluding carboxylic acids is 1. The molecule has 1 aromatic rings. The van der Waals surface area contributed by atoms with Crippen molar-refractivity contribution in [1.82, 2.24) is 10.6 Å². The summed E-state index contributed by atoms with van der Waals surface area (Å²) in [4.78, 5) is 12.3. The minimum atomic E-state index is -0.168. The lowest BCUT2D eigenvalue weighted by Crippen LogP contribution is -2.44. The first-order valence-electron chi connectivity index (χ1n) is 7.34. The molecule has 0 bridgehead atoms.